The van der Waals surface area contributed by atoms with E-state index in [1.165, 1.54) is 0 Å². The second kappa shape index (κ2) is 8.58. The Morgan fingerprint density at radius 1 is 1.03 bits per heavy atom. The third-order valence-electron chi connectivity index (χ3n) is 4.42. The quantitative estimate of drug-likeness (QED) is 0.519. The molecule has 0 saturated carbocycles. The molecule has 32 heavy (non-hydrogen) atoms. The minimum Gasteiger partial charge on any atom is -0.338 e. The van der Waals surface area contributed by atoms with Crippen LogP contribution in [0.5, 0.6) is 0 Å². The van der Waals surface area contributed by atoms with Gasteiger partial charge in [0.15, 0.2) is 15.7 Å². The summed E-state index contributed by atoms with van der Waals surface area (Å²) in [6, 6.07) is 9.59. The van der Waals surface area contributed by atoms with E-state index in [1.807, 2.05) is 0 Å². The lowest BCUT2D eigenvalue weighted by molar-refractivity contribution is -0.137. The molecule has 0 aliphatic carbocycles. The first-order chi connectivity index (χ1) is 14.8. The summed E-state index contributed by atoms with van der Waals surface area (Å²) in [5, 5.41) is 5.27. The SMILES string of the molecule is Cc1ccccc1Nc1ncc(S(C)(=O)=O)cc1NC(=O)c1cc(F)cc(C(F)(F)F)c1. The fraction of sp³-hybridized carbons (Fsp3) is 0.143. The summed E-state index contributed by atoms with van der Waals surface area (Å²) in [7, 11) is -3.71. The van der Waals surface area contributed by atoms with Gasteiger partial charge in [-0.3, -0.25) is 4.79 Å². The zero-order valence-corrected chi connectivity index (χ0v) is 17.6. The maximum Gasteiger partial charge on any atom is 0.416 e. The van der Waals surface area contributed by atoms with Gasteiger partial charge in [-0.2, -0.15) is 13.2 Å². The van der Waals surface area contributed by atoms with E-state index in [1.54, 1.807) is 31.2 Å². The van der Waals surface area contributed by atoms with Gasteiger partial charge in [0.05, 0.1) is 16.1 Å². The van der Waals surface area contributed by atoms with Crippen molar-refractivity contribution >= 4 is 32.9 Å². The number of halogens is 4. The van der Waals surface area contributed by atoms with Crippen molar-refractivity contribution in [2.24, 2.45) is 0 Å². The Morgan fingerprint density at radius 2 is 1.72 bits per heavy atom. The smallest absolute Gasteiger partial charge is 0.338 e. The Bertz CT molecular complexity index is 1290. The van der Waals surface area contributed by atoms with Crippen LogP contribution in [0, 0.1) is 12.7 Å². The number of carbonyl (C=O) groups excluding carboxylic acids is 1. The van der Waals surface area contributed by atoms with Gasteiger partial charge in [-0.15, -0.1) is 0 Å². The van der Waals surface area contributed by atoms with Crippen LogP contribution in [0.25, 0.3) is 0 Å². The van der Waals surface area contributed by atoms with E-state index in [4.69, 9.17) is 0 Å². The number of amides is 1. The molecule has 0 bridgehead atoms. The average Bonchev–Trinajstić information content (AvgIpc) is 2.69. The first kappa shape index (κ1) is 23.2. The Kier molecular flexibility index (Phi) is 6.22. The Hall–Kier alpha value is -3.47. The highest BCUT2D eigenvalue weighted by Crippen LogP contribution is 2.31. The minimum absolute atomic E-state index is 0.0486. The fourth-order valence-electron chi connectivity index (χ4n) is 2.76. The number of anilines is 3. The van der Waals surface area contributed by atoms with Crippen LogP contribution in [0.4, 0.5) is 34.8 Å². The summed E-state index contributed by atoms with van der Waals surface area (Å²) >= 11 is 0. The monoisotopic (exact) mass is 467 g/mol. The third kappa shape index (κ3) is 5.41. The molecule has 11 heteroatoms. The lowest BCUT2D eigenvalue weighted by atomic mass is 10.1. The molecule has 0 radical (unpaired) electrons. The largest absolute Gasteiger partial charge is 0.416 e. The van der Waals surface area contributed by atoms with Gasteiger partial charge in [0.25, 0.3) is 5.91 Å². The molecule has 1 aromatic heterocycles. The molecule has 6 nitrogen and oxygen atoms in total. The van der Waals surface area contributed by atoms with Gasteiger partial charge in [-0.1, -0.05) is 18.2 Å². The molecule has 0 atom stereocenters. The van der Waals surface area contributed by atoms with Gasteiger partial charge in [0.1, 0.15) is 5.82 Å². The summed E-state index contributed by atoms with van der Waals surface area (Å²) in [6.45, 7) is 1.80. The minimum atomic E-state index is -4.85. The molecule has 2 N–H and O–H groups in total. The van der Waals surface area contributed by atoms with E-state index in [0.717, 1.165) is 24.1 Å². The number of aromatic nitrogens is 1. The third-order valence-corrected chi connectivity index (χ3v) is 5.50. The van der Waals surface area contributed by atoms with Crippen LogP contribution in [-0.4, -0.2) is 25.6 Å². The number of aryl methyl sites for hydroxylation is 1. The molecule has 3 aromatic rings. The standard InChI is InChI=1S/C21H17F4N3O3S/c1-12-5-3-4-6-17(12)27-19-18(10-16(11-26-19)32(2,30)31)28-20(29)13-7-14(21(23,24)25)9-15(22)8-13/h3-11H,1-2H3,(H,26,27)(H,28,29). The predicted molar refractivity (Wildman–Crippen MR) is 111 cm³/mol. The van der Waals surface area contributed by atoms with Crippen molar-refractivity contribution in [2.75, 3.05) is 16.9 Å². The van der Waals surface area contributed by atoms with Crippen LogP contribution < -0.4 is 10.6 Å². The zero-order chi connectivity index (χ0) is 23.7. The van der Waals surface area contributed by atoms with Gasteiger partial charge in [0.2, 0.25) is 0 Å². The van der Waals surface area contributed by atoms with Crippen LogP contribution in [0.1, 0.15) is 21.5 Å². The maximum absolute atomic E-state index is 13.7. The lowest BCUT2D eigenvalue weighted by Crippen LogP contribution is -2.16. The highest BCUT2D eigenvalue weighted by Gasteiger charge is 2.32. The van der Waals surface area contributed by atoms with Gasteiger partial charge >= 0.3 is 6.18 Å². The van der Waals surface area contributed by atoms with Crippen LogP contribution in [-0.2, 0) is 16.0 Å². The molecule has 2 aromatic carbocycles. The number of sulfone groups is 1. The molecule has 0 aliphatic rings. The number of hydrogen-bond acceptors (Lipinski definition) is 5. The molecule has 1 amide bonds. The second-order valence-electron chi connectivity index (χ2n) is 6.96. The Labute approximate surface area is 181 Å². The highest BCUT2D eigenvalue weighted by atomic mass is 32.2. The highest BCUT2D eigenvalue weighted by molar-refractivity contribution is 7.90. The van der Waals surface area contributed by atoms with E-state index in [-0.39, 0.29) is 22.5 Å². The van der Waals surface area contributed by atoms with Crippen molar-refractivity contribution in [3.05, 3.63) is 77.2 Å². The van der Waals surface area contributed by atoms with Crippen molar-refractivity contribution in [3.8, 4) is 0 Å². The summed E-state index contributed by atoms with van der Waals surface area (Å²) in [5.74, 6) is -2.27. The molecule has 0 spiro atoms. The number of rotatable bonds is 5. The number of benzene rings is 2. The molecule has 0 aliphatic heterocycles. The number of pyridine rings is 1. The molecule has 168 valence electrons. The number of nitrogens with zero attached hydrogens (tertiary/aromatic N) is 1. The summed E-state index contributed by atoms with van der Waals surface area (Å²) in [5.41, 5.74) is -0.613. The topological polar surface area (TPSA) is 88.2 Å². The average molecular weight is 467 g/mol. The van der Waals surface area contributed by atoms with Crippen LogP contribution in [0.3, 0.4) is 0 Å². The van der Waals surface area contributed by atoms with Crippen molar-refractivity contribution in [3.63, 3.8) is 0 Å². The van der Waals surface area contributed by atoms with Crippen molar-refractivity contribution in [1.82, 2.24) is 4.98 Å². The number of nitrogens with one attached hydrogen (secondary N) is 2. The normalized spacial score (nSPS) is 11.8. The zero-order valence-electron chi connectivity index (χ0n) is 16.8. The molecule has 1 heterocycles. The first-order valence-corrected chi connectivity index (χ1v) is 11.0. The fourth-order valence-corrected chi connectivity index (χ4v) is 3.34. The van der Waals surface area contributed by atoms with Crippen molar-refractivity contribution < 1.29 is 30.8 Å². The van der Waals surface area contributed by atoms with Gasteiger partial charge in [-0.05, 0) is 42.8 Å². The Balaban J connectivity index is 2.03. The maximum atomic E-state index is 13.7. The van der Waals surface area contributed by atoms with Crippen molar-refractivity contribution in [2.45, 2.75) is 18.0 Å². The molecular formula is C21H17F4N3O3S. The Morgan fingerprint density at radius 3 is 2.34 bits per heavy atom. The molecule has 3 rings (SSSR count). The van der Waals surface area contributed by atoms with Crippen LogP contribution >= 0.6 is 0 Å². The molecule has 0 saturated heterocycles. The van der Waals surface area contributed by atoms with E-state index < -0.39 is 38.9 Å². The second-order valence-corrected chi connectivity index (χ2v) is 8.98. The lowest BCUT2D eigenvalue weighted by Gasteiger charge is -2.15. The number of alkyl halides is 3. The van der Waals surface area contributed by atoms with E-state index in [2.05, 4.69) is 15.6 Å². The van der Waals surface area contributed by atoms with E-state index >= 15 is 0 Å². The first-order valence-electron chi connectivity index (χ1n) is 9.06. The number of hydrogen-bond donors (Lipinski definition) is 2. The number of carbonyl (C=O) groups is 1. The molecule has 0 fully saturated rings. The van der Waals surface area contributed by atoms with Crippen molar-refractivity contribution in [1.29, 1.82) is 0 Å². The van der Waals surface area contributed by atoms with Gasteiger partial charge in [0, 0.05) is 23.7 Å². The van der Waals surface area contributed by atoms with Gasteiger partial charge in [-0.25, -0.2) is 17.8 Å². The van der Waals surface area contributed by atoms with E-state index in [9.17, 15) is 30.8 Å². The summed E-state index contributed by atoms with van der Waals surface area (Å²) < 4.78 is 76.5. The van der Waals surface area contributed by atoms with Gasteiger partial charge < -0.3 is 10.6 Å². The number of para-hydroxylation sites is 1. The van der Waals surface area contributed by atoms with Crippen LogP contribution in [0.15, 0.2) is 59.6 Å². The summed E-state index contributed by atoms with van der Waals surface area (Å²) in [6.07, 6.45) is -2.84. The molecular weight excluding hydrogens is 450 g/mol. The molecule has 0 unspecified atom stereocenters. The predicted octanol–water partition coefficient (Wildman–Crippen LogP) is 4.95. The van der Waals surface area contributed by atoms with Crippen LogP contribution in [0.2, 0.25) is 0 Å². The summed E-state index contributed by atoms with van der Waals surface area (Å²) in [4.78, 5) is 16.4. The van der Waals surface area contributed by atoms with E-state index in [0.29, 0.717) is 17.8 Å².